The minimum atomic E-state index is -0.0144. The zero-order chi connectivity index (χ0) is 14.5. The molecule has 0 bridgehead atoms. The molecule has 0 radical (unpaired) electrons. The molecule has 1 aliphatic carbocycles. The van der Waals surface area contributed by atoms with E-state index < -0.39 is 0 Å². The lowest BCUT2D eigenvalue weighted by Crippen LogP contribution is -2.31. The van der Waals surface area contributed by atoms with Gasteiger partial charge in [0.1, 0.15) is 0 Å². The molecule has 4 nitrogen and oxygen atoms in total. The van der Waals surface area contributed by atoms with Crippen molar-refractivity contribution >= 4 is 28.9 Å². The van der Waals surface area contributed by atoms with Crippen molar-refractivity contribution in [3.8, 4) is 0 Å². The first-order valence-corrected chi connectivity index (χ1v) is 7.46. The van der Waals surface area contributed by atoms with Crippen LogP contribution in [0.4, 0.5) is 11.4 Å². The Morgan fingerprint density at radius 1 is 1.50 bits per heavy atom. The SMILES string of the molecule is CN(CCC(=O)Nc1ccc(Cl)cc1N)CC1CCC1. The number of nitrogens with one attached hydrogen (secondary N) is 1. The molecule has 0 spiro atoms. The summed E-state index contributed by atoms with van der Waals surface area (Å²) in [7, 11) is 2.07. The second-order valence-electron chi connectivity index (χ2n) is 5.59. The zero-order valence-corrected chi connectivity index (χ0v) is 12.6. The summed E-state index contributed by atoms with van der Waals surface area (Å²) in [5, 5.41) is 3.39. The van der Waals surface area contributed by atoms with Gasteiger partial charge >= 0.3 is 0 Å². The van der Waals surface area contributed by atoms with Gasteiger partial charge in [-0.3, -0.25) is 4.79 Å². The molecule has 0 aromatic heterocycles. The number of amides is 1. The van der Waals surface area contributed by atoms with Crippen molar-refractivity contribution in [2.24, 2.45) is 5.92 Å². The molecule has 1 aromatic carbocycles. The summed E-state index contributed by atoms with van der Waals surface area (Å²) in [6.45, 7) is 1.87. The number of hydrogen-bond donors (Lipinski definition) is 2. The van der Waals surface area contributed by atoms with Crippen LogP contribution in [0.3, 0.4) is 0 Å². The number of nitrogens with zero attached hydrogens (tertiary/aromatic N) is 1. The van der Waals surface area contributed by atoms with Crippen molar-refractivity contribution in [1.82, 2.24) is 4.90 Å². The molecule has 3 N–H and O–H groups in total. The van der Waals surface area contributed by atoms with Gasteiger partial charge in [-0.15, -0.1) is 0 Å². The van der Waals surface area contributed by atoms with Crippen LogP contribution in [0.1, 0.15) is 25.7 Å². The molecule has 1 amide bonds. The largest absolute Gasteiger partial charge is 0.397 e. The quantitative estimate of drug-likeness (QED) is 0.793. The minimum Gasteiger partial charge on any atom is -0.397 e. The molecule has 5 heteroatoms. The van der Waals surface area contributed by atoms with E-state index in [0.717, 1.165) is 19.0 Å². The third-order valence-corrected chi connectivity index (χ3v) is 4.04. The number of nitrogen functional groups attached to an aromatic ring is 1. The summed E-state index contributed by atoms with van der Waals surface area (Å²) in [5.41, 5.74) is 6.93. The molecule has 20 heavy (non-hydrogen) atoms. The Hall–Kier alpha value is -1.26. The second-order valence-corrected chi connectivity index (χ2v) is 6.03. The monoisotopic (exact) mass is 295 g/mol. The van der Waals surface area contributed by atoms with Crippen molar-refractivity contribution in [2.45, 2.75) is 25.7 Å². The fraction of sp³-hybridized carbons (Fsp3) is 0.533. The second kappa shape index (κ2) is 6.95. The molecular formula is C15H22ClN3O. The van der Waals surface area contributed by atoms with Gasteiger partial charge in [0, 0.05) is 24.5 Å². The average Bonchev–Trinajstić information content (AvgIpc) is 2.35. The van der Waals surface area contributed by atoms with E-state index in [9.17, 15) is 4.79 Å². The topological polar surface area (TPSA) is 58.4 Å². The number of carbonyl (C=O) groups is 1. The third kappa shape index (κ3) is 4.39. The van der Waals surface area contributed by atoms with Crippen molar-refractivity contribution in [3.63, 3.8) is 0 Å². The molecule has 0 saturated heterocycles. The van der Waals surface area contributed by atoms with E-state index in [1.807, 2.05) is 0 Å². The van der Waals surface area contributed by atoms with Crippen LogP contribution in [-0.4, -0.2) is 30.9 Å². The van der Waals surface area contributed by atoms with Gasteiger partial charge in [0.05, 0.1) is 11.4 Å². The fourth-order valence-electron chi connectivity index (χ4n) is 2.36. The van der Waals surface area contributed by atoms with Crippen LogP contribution in [0.25, 0.3) is 0 Å². The molecule has 0 atom stereocenters. The number of anilines is 2. The van der Waals surface area contributed by atoms with Crippen LogP contribution in [-0.2, 0) is 4.79 Å². The van der Waals surface area contributed by atoms with Gasteiger partial charge in [0.2, 0.25) is 5.91 Å². The molecule has 1 fully saturated rings. The van der Waals surface area contributed by atoms with Crippen molar-refractivity contribution in [2.75, 3.05) is 31.2 Å². The summed E-state index contributed by atoms with van der Waals surface area (Å²) < 4.78 is 0. The Morgan fingerprint density at radius 2 is 2.25 bits per heavy atom. The minimum absolute atomic E-state index is 0.0144. The molecule has 0 unspecified atom stereocenters. The van der Waals surface area contributed by atoms with Gasteiger partial charge in [0.15, 0.2) is 0 Å². The molecule has 1 saturated carbocycles. The van der Waals surface area contributed by atoms with Gasteiger partial charge in [-0.05, 0) is 44.0 Å². The lowest BCUT2D eigenvalue weighted by molar-refractivity contribution is -0.116. The molecule has 110 valence electrons. The molecule has 0 heterocycles. The number of halogens is 1. The fourth-order valence-corrected chi connectivity index (χ4v) is 2.54. The van der Waals surface area contributed by atoms with Crippen LogP contribution in [0.2, 0.25) is 5.02 Å². The van der Waals surface area contributed by atoms with E-state index in [4.69, 9.17) is 17.3 Å². The highest BCUT2D eigenvalue weighted by atomic mass is 35.5. The predicted octanol–water partition coefficient (Wildman–Crippen LogP) is 2.98. The lowest BCUT2D eigenvalue weighted by Gasteiger charge is -2.29. The van der Waals surface area contributed by atoms with E-state index in [1.54, 1.807) is 18.2 Å². The van der Waals surface area contributed by atoms with Gasteiger partial charge in [0.25, 0.3) is 0 Å². The van der Waals surface area contributed by atoms with E-state index in [0.29, 0.717) is 22.8 Å². The first-order valence-electron chi connectivity index (χ1n) is 7.08. The van der Waals surface area contributed by atoms with E-state index in [1.165, 1.54) is 19.3 Å². The Kier molecular flexibility index (Phi) is 5.26. The van der Waals surface area contributed by atoms with E-state index >= 15 is 0 Å². The highest BCUT2D eigenvalue weighted by Gasteiger charge is 2.19. The maximum absolute atomic E-state index is 11.9. The molecule has 2 rings (SSSR count). The number of nitrogens with two attached hydrogens (primary N) is 1. The third-order valence-electron chi connectivity index (χ3n) is 3.80. The highest BCUT2D eigenvalue weighted by Crippen LogP contribution is 2.26. The van der Waals surface area contributed by atoms with Crippen molar-refractivity contribution in [3.05, 3.63) is 23.2 Å². The van der Waals surface area contributed by atoms with Gasteiger partial charge in [-0.2, -0.15) is 0 Å². The van der Waals surface area contributed by atoms with Gasteiger partial charge < -0.3 is 16.0 Å². The number of hydrogen-bond acceptors (Lipinski definition) is 3. The maximum atomic E-state index is 11.9. The van der Waals surface area contributed by atoms with E-state index in [-0.39, 0.29) is 5.91 Å². The van der Waals surface area contributed by atoms with Crippen molar-refractivity contribution in [1.29, 1.82) is 0 Å². The summed E-state index contributed by atoms with van der Waals surface area (Å²) in [5.74, 6) is 0.814. The summed E-state index contributed by atoms with van der Waals surface area (Å²) >= 11 is 5.82. The Labute approximate surface area is 125 Å². The smallest absolute Gasteiger partial charge is 0.225 e. The van der Waals surface area contributed by atoms with E-state index in [2.05, 4.69) is 17.3 Å². The zero-order valence-electron chi connectivity index (χ0n) is 11.9. The first kappa shape index (κ1) is 15.1. The number of carbonyl (C=O) groups excluding carboxylic acids is 1. The lowest BCUT2D eigenvalue weighted by atomic mass is 9.85. The summed E-state index contributed by atoms with van der Waals surface area (Å²) in [6.07, 6.45) is 4.50. The van der Waals surface area contributed by atoms with Crippen LogP contribution >= 0.6 is 11.6 Å². The predicted molar refractivity (Wildman–Crippen MR) is 83.9 cm³/mol. The normalized spacial score (nSPS) is 15.2. The van der Waals surface area contributed by atoms with Crippen LogP contribution in [0.15, 0.2) is 18.2 Å². The summed E-state index contributed by atoms with van der Waals surface area (Å²) in [4.78, 5) is 14.1. The van der Waals surface area contributed by atoms with Crippen molar-refractivity contribution < 1.29 is 4.79 Å². The maximum Gasteiger partial charge on any atom is 0.225 e. The number of benzene rings is 1. The van der Waals surface area contributed by atoms with Gasteiger partial charge in [-0.25, -0.2) is 0 Å². The Morgan fingerprint density at radius 3 is 2.85 bits per heavy atom. The molecule has 0 aliphatic heterocycles. The molecular weight excluding hydrogens is 274 g/mol. The summed E-state index contributed by atoms with van der Waals surface area (Å²) in [6, 6.07) is 5.09. The molecule has 1 aromatic rings. The number of rotatable bonds is 6. The average molecular weight is 296 g/mol. The highest BCUT2D eigenvalue weighted by molar-refractivity contribution is 6.31. The molecule has 1 aliphatic rings. The Bertz CT molecular complexity index is 474. The standard InChI is InChI=1S/C15H22ClN3O/c1-19(10-11-3-2-4-11)8-7-15(20)18-14-6-5-12(16)9-13(14)17/h5-6,9,11H,2-4,7-8,10,17H2,1H3,(H,18,20). The van der Waals surface area contributed by atoms with Crippen LogP contribution in [0.5, 0.6) is 0 Å². The Balaban J connectivity index is 1.74. The first-order chi connectivity index (χ1) is 9.54. The van der Waals surface area contributed by atoms with Crippen LogP contribution in [0, 0.1) is 5.92 Å². The van der Waals surface area contributed by atoms with Gasteiger partial charge in [-0.1, -0.05) is 18.0 Å². The van der Waals surface area contributed by atoms with Crippen LogP contribution < -0.4 is 11.1 Å².